The van der Waals surface area contributed by atoms with Crippen molar-refractivity contribution in [3.8, 4) is 22.3 Å². The number of fused-ring (bicyclic) bond motifs is 5. The highest BCUT2D eigenvalue weighted by Gasteiger charge is 2.20. The van der Waals surface area contributed by atoms with E-state index >= 15 is 0 Å². The van der Waals surface area contributed by atoms with E-state index in [0.717, 1.165) is 89.2 Å². The standard InChI is InChI=1S/C46H30N6S2/c1-5-13-33(14-6-1)51(34-15-7-2-8-16-34)37-25-21-31(22-26-37)39-29-41-42(45-43(39)47-53-49-45)30-40(44-46(41)50-54-48-44)32-23-27-38(28-24-32)52(35-17-9-3-10-18-35)36-19-11-4-12-20-36/h1-30H. The maximum Gasteiger partial charge on any atom is 0.113 e. The van der Waals surface area contributed by atoms with Gasteiger partial charge in [-0.15, -0.1) is 0 Å². The van der Waals surface area contributed by atoms with Crippen LogP contribution < -0.4 is 9.80 Å². The molecule has 0 radical (unpaired) electrons. The Hall–Kier alpha value is -6.74. The minimum absolute atomic E-state index is 0.874. The van der Waals surface area contributed by atoms with Gasteiger partial charge in [0.25, 0.3) is 0 Å². The van der Waals surface area contributed by atoms with Gasteiger partial charge in [0.1, 0.15) is 22.1 Å². The minimum Gasteiger partial charge on any atom is -0.311 e. The van der Waals surface area contributed by atoms with Crippen LogP contribution in [-0.4, -0.2) is 17.5 Å². The molecule has 0 amide bonds. The third kappa shape index (κ3) is 5.65. The van der Waals surface area contributed by atoms with Crippen molar-refractivity contribution in [1.82, 2.24) is 17.5 Å². The van der Waals surface area contributed by atoms with Crippen LogP contribution in [0.15, 0.2) is 182 Å². The van der Waals surface area contributed by atoms with Crippen LogP contribution in [0.4, 0.5) is 34.1 Å². The lowest BCUT2D eigenvalue weighted by atomic mass is 9.94. The number of hydrogen-bond donors (Lipinski definition) is 0. The Morgan fingerprint density at radius 3 is 0.889 bits per heavy atom. The SMILES string of the molecule is c1ccc(N(c2ccccc2)c2ccc(-c3cc4c(cc(-c5ccc(N(c6ccccc6)c6ccccc6)cc5)c5nsnc54)c4nsnc34)cc2)cc1. The van der Waals surface area contributed by atoms with Crippen molar-refractivity contribution in [3.05, 3.63) is 182 Å². The Bertz CT molecular complexity index is 2580. The van der Waals surface area contributed by atoms with Gasteiger partial charge in [-0.3, -0.25) is 0 Å². The van der Waals surface area contributed by atoms with E-state index < -0.39 is 0 Å². The van der Waals surface area contributed by atoms with Crippen LogP contribution in [0.2, 0.25) is 0 Å². The van der Waals surface area contributed by atoms with Crippen LogP contribution in [0, 0.1) is 0 Å². The predicted octanol–water partition coefficient (Wildman–Crippen LogP) is 13.1. The second-order valence-corrected chi connectivity index (χ2v) is 14.0. The molecule has 0 aliphatic rings. The molecule has 0 aliphatic carbocycles. The van der Waals surface area contributed by atoms with Crippen molar-refractivity contribution in [2.45, 2.75) is 0 Å². The molecular formula is C46H30N6S2. The number of para-hydroxylation sites is 4. The number of hydrogen-bond acceptors (Lipinski definition) is 8. The molecule has 0 N–H and O–H groups in total. The maximum absolute atomic E-state index is 4.86. The topological polar surface area (TPSA) is 58.0 Å². The van der Waals surface area contributed by atoms with Gasteiger partial charge in [0, 0.05) is 56.0 Å². The Morgan fingerprint density at radius 2 is 0.574 bits per heavy atom. The second-order valence-electron chi connectivity index (χ2n) is 13.0. The average Bonchev–Trinajstić information content (AvgIpc) is 3.95. The summed E-state index contributed by atoms with van der Waals surface area (Å²) in [5.74, 6) is 0. The monoisotopic (exact) mass is 730 g/mol. The summed E-state index contributed by atoms with van der Waals surface area (Å²) in [4.78, 5) is 4.53. The van der Waals surface area contributed by atoms with Gasteiger partial charge in [-0.25, -0.2) is 0 Å². The number of aromatic nitrogens is 4. The van der Waals surface area contributed by atoms with Crippen molar-refractivity contribution >= 4 is 90.4 Å². The zero-order chi connectivity index (χ0) is 35.8. The highest BCUT2D eigenvalue weighted by molar-refractivity contribution is 7.00. The van der Waals surface area contributed by atoms with E-state index in [1.165, 1.54) is 23.5 Å². The van der Waals surface area contributed by atoms with Gasteiger partial charge >= 0.3 is 0 Å². The van der Waals surface area contributed by atoms with Gasteiger partial charge in [-0.2, -0.15) is 17.5 Å². The van der Waals surface area contributed by atoms with Crippen LogP contribution in [-0.2, 0) is 0 Å². The molecule has 10 rings (SSSR count). The van der Waals surface area contributed by atoms with Crippen molar-refractivity contribution in [1.29, 1.82) is 0 Å². The lowest BCUT2D eigenvalue weighted by Gasteiger charge is -2.25. The smallest absolute Gasteiger partial charge is 0.113 e. The third-order valence-electron chi connectivity index (χ3n) is 9.80. The van der Waals surface area contributed by atoms with Gasteiger partial charge < -0.3 is 9.80 Å². The van der Waals surface area contributed by atoms with Crippen LogP contribution in [0.1, 0.15) is 0 Å². The number of rotatable bonds is 8. The fourth-order valence-electron chi connectivity index (χ4n) is 7.28. The van der Waals surface area contributed by atoms with Crippen molar-refractivity contribution < 1.29 is 0 Å². The molecular weight excluding hydrogens is 701 g/mol. The molecule has 8 heteroatoms. The fourth-order valence-corrected chi connectivity index (χ4v) is 8.43. The zero-order valence-electron chi connectivity index (χ0n) is 28.8. The Balaban J connectivity index is 1.06. The Labute approximate surface area is 320 Å². The van der Waals surface area contributed by atoms with Crippen LogP contribution >= 0.6 is 23.5 Å². The predicted molar refractivity (Wildman–Crippen MR) is 226 cm³/mol. The first kappa shape index (κ1) is 32.0. The molecule has 0 fully saturated rings. The molecule has 8 aromatic carbocycles. The summed E-state index contributed by atoms with van der Waals surface area (Å²) in [6.45, 7) is 0. The van der Waals surface area contributed by atoms with Crippen molar-refractivity contribution in [2.24, 2.45) is 0 Å². The lowest BCUT2D eigenvalue weighted by Crippen LogP contribution is -2.09. The summed E-state index contributed by atoms with van der Waals surface area (Å²) in [7, 11) is 0. The Morgan fingerprint density at radius 1 is 0.296 bits per heavy atom. The van der Waals surface area contributed by atoms with Gasteiger partial charge in [0.15, 0.2) is 0 Å². The summed E-state index contributed by atoms with van der Waals surface area (Å²) in [6, 6.07) is 63.6. The van der Waals surface area contributed by atoms with Crippen LogP contribution in [0.3, 0.4) is 0 Å². The molecule has 0 bridgehead atoms. The Kier molecular flexibility index (Phi) is 8.09. The first-order valence-electron chi connectivity index (χ1n) is 17.7. The van der Waals surface area contributed by atoms with E-state index in [4.69, 9.17) is 17.5 Å². The largest absolute Gasteiger partial charge is 0.311 e. The van der Waals surface area contributed by atoms with E-state index in [1.54, 1.807) is 0 Å². The van der Waals surface area contributed by atoms with E-state index in [-0.39, 0.29) is 0 Å². The fraction of sp³-hybridized carbons (Fsp3) is 0. The molecule has 0 atom stereocenters. The summed E-state index contributed by atoms with van der Waals surface area (Å²) >= 11 is 2.48. The summed E-state index contributed by atoms with van der Waals surface area (Å²) in [5.41, 5.74) is 14.2. The molecule has 2 heterocycles. The summed E-state index contributed by atoms with van der Waals surface area (Å²) in [6.07, 6.45) is 0. The van der Waals surface area contributed by atoms with E-state index in [0.29, 0.717) is 0 Å². The normalized spacial score (nSPS) is 11.3. The summed E-state index contributed by atoms with van der Waals surface area (Å²) < 4.78 is 19.4. The van der Waals surface area contributed by atoms with E-state index in [9.17, 15) is 0 Å². The van der Waals surface area contributed by atoms with Crippen LogP contribution in [0.5, 0.6) is 0 Å². The molecule has 0 unspecified atom stereocenters. The molecule has 0 saturated carbocycles. The third-order valence-corrected chi connectivity index (χ3v) is 10.9. The van der Waals surface area contributed by atoms with Crippen molar-refractivity contribution in [2.75, 3.05) is 9.80 Å². The first-order valence-corrected chi connectivity index (χ1v) is 19.1. The minimum atomic E-state index is 0.874. The highest BCUT2D eigenvalue weighted by atomic mass is 32.1. The van der Waals surface area contributed by atoms with Gasteiger partial charge in [-0.1, -0.05) is 97.1 Å². The molecule has 256 valence electrons. The highest BCUT2D eigenvalue weighted by Crippen LogP contribution is 2.43. The number of anilines is 6. The van der Waals surface area contributed by atoms with Crippen LogP contribution in [0.25, 0.3) is 55.1 Å². The molecule has 0 saturated heterocycles. The van der Waals surface area contributed by atoms with E-state index in [1.807, 2.05) is 24.3 Å². The number of benzene rings is 8. The quantitative estimate of drug-likeness (QED) is 0.155. The second kappa shape index (κ2) is 13.7. The van der Waals surface area contributed by atoms with Gasteiger partial charge in [0.05, 0.1) is 23.5 Å². The number of nitrogens with zero attached hydrogens (tertiary/aromatic N) is 6. The molecule has 54 heavy (non-hydrogen) atoms. The molecule has 0 aliphatic heterocycles. The molecule has 6 nitrogen and oxygen atoms in total. The van der Waals surface area contributed by atoms with E-state index in [2.05, 4.69) is 168 Å². The van der Waals surface area contributed by atoms with Crippen molar-refractivity contribution in [3.63, 3.8) is 0 Å². The van der Waals surface area contributed by atoms with Gasteiger partial charge in [0.2, 0.25) is 0 Å². The zero-order valence-corrected chi connectivity index (χ0v) is 30.5. The molecule has 0 spiro atoms. The average molecular weight is 731 g/mol. The first-order chi connectivity index (χ1) is 26.8. The maximum atomic E-state index is 4.86. The molecule has 2 aromatic heterocycles. The molecule has 10 aromatic rings. The summed E-state index contributed by atoms with van der Waals surface area (Å²) in [5, 5.41) is 2.04. The van der Waals surface area contributed by atoms with Gasteiger partial charge in [-0.05, 0) is 96.1 Å². The lowest BCUT2D eigenvalue weighted by molar-refractivity contribution is 1.28.